The van der Waals surface area contributed by atoms with E-state index in [1.165, 1.54) is 11.3 Å². The molecule has 2 heterocycles. The lowest BCUT2D eigenvalue weighted by Crippen LogP contribution is -2.40. The van der Waals surface area contributed by atoms with Crippen molar-refractivity contribution in [1.82, 2.24) is 4.98 Å². The van der Waals surface area contributed by atoms with E-state index in [1.54, 1.807) is 6.92 Å². The number of aromatic nitrogens is 1. The first kappa shape index (κ1) is 15.5. The van der Waals surface area contributed by atoms with Gasteiger partial charge in [0.2, 0.25) is 0 Å². The standard InChI is InChI=1S/C17H16N2O3S/c1-3-11-6-5-7-12(8-11)15-19-14(17(20)22-4-2)16(23-15)18-13-9-21-10-13/h1,5-8,13,18H,4,9-10H2,2H3. The number of nitrogens with one attached hydrogen (secondary N) is 1. The highest BCUT2D eigenvalue weighted by Gasteiger charge is 2.25. The normalized spacial score (nSPS) is 13.9. The minimum atomic E-state index is -0.425. The van der Waals surface area contributed by atoms with Crippen LogP contribution in [0.5, 0.6) is 0 Å². The molecule has 0 unspecified atom stereocenters. The van der Waals surface area contributed by atoms with Crippen LogP contribution in [-0.2, 0) is 9.47 Å². The highest BCUT2D eigenvalue weighted by atomic mass is 32.1. The second-order valence-corrected chi connectivity index (χ2v) is 6.02. The molecule has 2 aromatic rings. The van der Waals surface area contributed by atoms with Gasteiger partial charge in [-0.05, 0) is 19.1 Å². The van der Waals surface area contributed by atoms with Crippen molar-refractivity contribution in [1.29, 1.82) is 0 Å². The molecular formula is C17H16N2O3S. The van der Waals surface area contributed by atoms with E-state index in [1.807, 2.05) is 24.3 Å². The van der Waals surface area contributed by atoms with Gasteiger partial charge in [-0.25, -0.2) is 9.78 Å². The molecule has 0 aliphatic carbocycles. The fraction of sp³-hybridized carbons (Fsp3) is 0.294. The van der Waals surface area contributed by atoms with Crippen LogP contribution in [0.2, 0.25) is 0 Å². The summed E-state index contributed by atoms with van der Waals surface area (Å²) >= 11 is 1.42. The van der Waals surface area contributed by atoms with Crippen LogP contribution in [-0.4, -0.2) is 36.8 Å². The average molecular weight is 328 g/mol. The Bertz CT molecular complexity index is 759. The van der Waals surface area contributed by atoms with Crippen LogP contribution in [0, 0.1) is 12.3 Å². The highest BCUT2D eigenvalue weighted by molar-refractivity contribution is 7.19. The fourth-order valence-corrected chi connectivity index (χ4v) is 3.15. The lowest BCUT2D eigenvalue weighted by atomic mass is 10.1. The molecule has 1 aliphatic heterocycles. The van der Waals surface area contributed by atoms with Crippen LogP contribution in [0.3, 0.4) is 0 Å². The Hall–Kier alpha value is -2.36. The summed E-state index contributed by atoms with van der Waals surface area (Å²) in [5.74, 6) is 2.18. The molecule has 1 aliphatic rings. The van der Waals surface area contributed by atoms with Crippen LogP contribution < -0.4 is 5.32 Å². The summed E-state index contributed by atoms with van der Waals surface area (Å²) in [5.41, 5.74) is 1.97. The molecule has 1 saturated heterocycles. The Kier molecular flexibility index (Phi) is 4.60. The average Bonchev–Trinajstić information content (AvgIpc) is 2.95. The van der Waals surface area contributed by atoms with E-state index in [9.17, 15) is 4.79 Å². The summed E-state index contributed by atoms with van der Waals surface area (Å²) in [5, 5.41) is 4.73. The monoisotopic (exact) mass is 328 g/mol. The van der Waals surface area contributed by atoms with E-state index in [2.05, 4.69) is 16.2 Å². The smallest absolute Gasteiger partial charge is 0.360 e. The fourth-order valence-electron chi connectivity index (χ4n) is 2.13. The molecule has 1 fully saturated rings. The van der Waals surface area contributed by atoms with Gasteiger partial charge in [0.15, 0.2) is 5.69 Å². The third-order valence-electron chi connectivity index (χ3n) is 3.35. The van der Waals surface area contributed by atoms with Crippen LogP contribution in [0.25, 0.3) is 10.6 Å². The van der Waals surface area contributed by atoms with E-state index in [0.29, 0.717) is 30.5 Å². The number of esters is 1. The zero-order valence-electron chi connectivity index (χ0n) is 12.7. The first-order valence-corrected chi connectivity index (χ1v) is 8.12. The van der Waals surface area contributed by atoms with Crippen molar-refractivity contribution < 1.29 is 14.3 Å². The SMILES string of the molecule is C#Cc1cccc(-c2nc(C(=O)OCC)c(NC3COC3)s2)c1. The third kappa shape index (κ3) is 3.36. The number of nitrogens with zero attached hydrogens (tertiary/aromatic N) is 1. The lowest BCUT2D eigenvalue weighted by Gasteiger charge is -2.27. The topological polar surface area (TPSA) is 60.5 Å². The van der Waals surface area contributed by atoms with Gasteiger partial charge in [-0.3, -0.25) is 0 Å². The third-order valence-corrected chi connectivity index (χ3v) is 4.38. The minimum Gasteiger partial charge on any atom is -0.461 e. The van der Waals surface area contributed by atoms with Crippen molar-refractivity contribution in [3.8, 4) is 22.9 Å². The summed E-state index contributed by atoms with van der Waals surface area (Å²) in [6, 6.07) is 7.74. The summed E-state index contributed by atoms with van der Waals surface area (Å²) in [4.78, 5) is 16.6. The van der Waals surface area contributed by atoms with Gasteiger partial charge in [-0.2, -0.15) is 0 Å². The molecule has 0 spiro atoms. The summed E-state index contributed by atoms with van der Waals surface area (Å²) in [7, 11) is 0. The Balaban J connectivity index is 1.95. The quantitative estimate of drug-likeness (QED) is 0.675. The molecule has 1 aromatic heterocycles. The van der Waals surface area contributed by atoms with Crippen molar-refractivity contribution in [2.45, 2.75) is 13.0 Å². The molecule has 0 bridgehead atoms. The van der Waals surface area contributed by atoms with Crippen LogP contribution in [0.1, 0.15) is 23.0 Å². The van der Waals surface area contributed by atoms with Gasteiger partial charge in [-0.1, -0.05) is 29.4 Å². The number of rotatable bonds is 5. The number of hydrogen-bond donors (Lipinski definition) is 1. The van der Waals surface area contributed by atoms with Gasteiger partial charge in [0.05, 0.1) is 25.9 Å². The first-order chi connectivity index (χ1) is 11.2. The van der Waals surface area contributed by atoms with Gasteiger partial charge >= 0.3 is 5.97 Å². The van der Waals surface area contributed by atoms with E-state index >= 15 is 0 Å². The van der Waals surface area contributed by atoms with E-state index in [-0.39, 0.29) is 6.04 Å². The molecule has 23 heavy (non-hydrogen) atoms. The molecule has 3 rings (SSSR count). The number of hydrogen-bond acceptors (Lipinski definition) is 6. The molecule has 0 atom stereocenters. The predicted molar refractivity (Wildman–Crippen MR) is 89.7 cm³/mol. The van der Waals surface area contributed by atoms with Crippen molar-refractivity contribution in [2.75, 3.05) is 25.1 Å². The molecule has 1 aromatic carbocycles. The van der Waals surface area contributed by atoms with Gasteiger partial charge in [0.25, 0.3) is 0 Å². The molecular weight excluding hydrogens is 312 g/mol. The number of ether oxygens (including phenoxy) is 2. The van der Waals surface area contributed by atoms with E-state index in [0.717, 1.165) is 16.1 Å². The number of carbonyl (C=O) groups is 1. The zero-order valence-corrected chi connectivity index (χ0v) is 13.5. The number of benzene rings is 1. The summed E-state index contributed by atoms with van der Waals surface area (Å²) in [6.07, 6.45) is 5.44. The van der Waals surface area contributed by atoms with Crippen molar-refractivity contribution in [3.63, 3.8) is 0 Å². The molecule has 118 valence electrons. The summed E-state index contributed by atoms with van der Waals surface area (Å²) < 4.78 is 10.3. The van der Waals surface area contributed by atoms with Gasteiger partial charge < -0.3 is 14.8 Å². The minimum absolute atomic E-state index is 0.202. The van der Waals surface area contributed by atoms with Crippen molar-refractivity contribution in [2.24, 2.45) is 0 Å². The molecule has 0 amide bonds. The van der Waals surface area contributed by atoms with Gasteiger partial charge in [-0.15, -0.1) is 6.42 Å². The Morgan fingerprint density at radius 2 is 2.39 bits per heavy atom. The van der Waals surface area contributed by atoms with Gasteiger partial charge in [0.1, 0.15) is 10.0 Å². The number of thiazole rings is 1. The largest absolute Gasteiger partial charge is 0.461 e. The zero-order chi connectivity index (χ0) is 16.2. The van der Waals surface area contributed by atoms with Crippen LogP contribution in [0.15, 0.2) is 24.3 Å². The molecule has 0 radical (unpaired) electrons. The van der Waals surface area contributed by atoms with E-state index < -0.39 is 5.97 Å². The maximum absolute atomic E-state index is 12.1. The highest BCUT2D eigenvalue weighted by Crippen LogP contribution is 2.34. The van der Waals surface area contributed by atoms with Crippen LogP contribution >= 0.6 is 11.3 Å². The molecule has 1 N–H and O–H groups in total. The number of anilines is 1. The van der Waals surface area contributed by atoms with Gasteiger partial charge in [0, 0.05) is 11.1 Å². The van der Waals surface area contributed by atoms with Crippen molar-refractivity contribution in [3.05, 3.63) is 35.5 Å². The Morgan fingerprint density at radius 3 is 3.04 bits per heavy atom. The second kappa shape index (κ2) is 6.82. The molecule has 0 saturated carbocycles. The number of carbonyl (C=O) groups excluding carboxylic acids is 1. The number of terminal acetylenes is 1. The predicted octanol–water partition coefficient (Wildman–Crippen LogP) is 2.78. The molecule has 6 heteroatoms. The van der Waals surface area contributed by atoms with Crippen molar-refractivity contribution >= 4 is 22.3 Å². The maximum Gasteiger partial charge on any atom is 0.360 e. The lowest BCUT2D eigenvalue weighted by molar-refractivity contribution is 0.0211. The van der Waals surface area contributed by atoms with Crippen LogP contribution in [0.4, 0.5) is 5.00 Å². The second-order valence-electron chi connectivity index (χ2n) is 5.02. The first-order valence-electron chi connectivity index (χ1n) is 7.30. The Morgan fingerprint density at radius 1 is 1.57 bits per heavy atom. The Labute approximate surface area is 138 Å². The molecule has 5 nitrogen and oxygen atoms in total. The van der Waals surface area contributed by atoms with E-state index in [4.69, 9.17) is 15.9 Å². The summed E-state index contributed by atoms with van der Waals surface area (Å²) in [6.45, 7) is 3.34. The maximum atomic E-state index is 12.1.